The Hall–Kier alpha value is -4.40. The normalized spacial score (nSPS) is 19.0. The quantitative estimate of drug-likeness (QED) is 0.262. The minimum absolute atomic E-state index is 0.0211. The number of hydrogen-bond donors (Lipinski definition) is 3. The molecule has 4 aromatic carbocycles. The maximum atomic E-state index is 11.6. The van der Waals surface area contributed by atoms with E-state index in [1.165, 1.54) is 5.56 Å². The van der Waals surface area contributed by atoms with Crippen LogP contribution < -0.4 is 24.3 Å². The van der Waals surface area contributed by atoms with Crippen LogP contribution in [0.4, 0.5) is 0 Å². The SMILES string of the molecule is COc1cc2c3cc1Oc1c(O)c(OC)cc4c1C(Cc1ccc(O)c(c1)-c1cc(ccc1OC)CC3NCC2)N(C)CC4. The van der Waals surface area contributed by atoms with Crippen LogP contribution in [0, 0.1) is 0 Å². The highest BCUT2D eigenvalue weighted by molar-refractivity contribution is 5.77. The summed E-state index contributed by atoms with van der Waals surface area (Å²) in [7, 11) is 6.97. The molecule has 0 radical (unpaired) electrons. The van der Waals surface area contributed by atoms with Crippen molar-refractivity contribution in [2.24, 2.45) is 0 Å². The van der Waals surface area contributed by atoms with E-state index in [1.54, 1.807) is 27.4 Å². The molecule has 44 heavy (non-hydrogen) atoms. The molecular formula is C36H38N2O6. The molecule has 6 bridgehead atoms. The maximum Gasteiger partial charge on any atom is 0.201 e. The van der Waals surface area contributed by atoms with E-state index in [0.717, 1.165) is 71.3 Å². The number of methoxy groups -OCH3 is 3. The highest BCUT2D eigenvalue weighted by Crippen LogP contribution is 2.51. The van der Waals surface area contributed by atoms with E-state index in [2.05, 4.69) is 47.6 Å². The minimum atomic E-state index is -0.109. The summed E-state index contributed by atoms with van der Waals surface area (Å²) in [5.41, 5.74) is 8.07. The van der Waals surface area contributed by atoms with Crippen LogP contribution >= 0.6 is 0 Å². The van der Waals surface area contributed by atoms with Crippen molar-refractivity contribution in [3.63, 3.8) is 0 Å². The fraction of sp³-hybridized carbons (Fsp3) is 0.333. The van der Waals surface area contributed by atoms with Gasteiger partial charge >= 0.3 is 0 Å². The molecule has 4 aromatic rings. The number of fused-ring (bicyclic) bond motifs is 6. The van der Waals surface area contributed by atoms with Gasteiger partial charge in [-0.05, 0) is 110 Å². The minimum Gasteiger partial charge on any atom is -0.507 e. The lowest BCUT2D eigenvalue weighted by molar-refractivity contribution is 0.221. The predicted molar refractivity (Wildman–Crippen MR) is 169 cm³/mol. The summed E-state index contributed by atoms with van der Waals surface area (Å²) in [6.07, 6.45) is 3.01. The molecule has 2 atom stereocenters. The van der Waals surface area contributed by atoms with Crippen LogP contribution in [0.25, 0.3) is 11.1 Å². The van der Waals surface area contributed by atoms with E-state index in [-0.39, 0.29) is 23.6 Å². The van der Waals surface area contributed by atoms with Gasteiger partial charge in [0.05, 0.1) is 21.3 Å². The van der Waals surface area contributed by atoms with Gasteiger partial charge in [-0.25, -0.2) is 0 Å². The third-order valence-corrected chi connectivity index (χ3v) is 9.45. The molecule has 0 aromatic heterocycles. The number of nitrogens with zero attached hydrogens (tertiary/aromatic N) is 1. The Bertz CT molecular complexity index is 1750. The molecule has 0 fully saturated rings. The van der Waals surface area contributed by atoms with Gasteiger partial charge in [0.15, 0.2) is 23.0 Å². The smallest absolute Gasteiger partial charge is 0.201 e. The number of phenols is 2. The van der Waals surface area contributed by atoms with E-state index in [0.29, 0.717) is 35.2 Å². The van der Waals surface area contributed by atoms with Gasteiger partial charge in [-0.2, -0.15) is 0 Å². The van der Waals surface area contributed by atoms with Gasteiger partial charge in [-0.15, -0.1) is 0 Å². The molecular weight excluding hydrogens is 556 g/mol. The van der Waals surface area contributed by atoms with Crippen LogP contribution in [0.15, 0.2) is 54.6 Å². The van der Waals surface area contributed by atoms with Crippen molar-refractivity contribution in [2.45, 2.75) is 37.8 Å². The lowest BCUT2D eigenvalue weighted by Crippen LogP contribution is -2.34. The van der Waals surface area contributed by atoms with E-state index in [9.17, 15) is 10.2 Å². The van der Waals surface area contributed by atoms with Crippen molar-refractivity contribution in [1.29, 1.82) is 0 Å². The number of likely N-dealkylation sites (N-methyl/N-ethyl adjacent to an activating group) is 1. The molecule has 0 spiro atoms. The predicted octanol–water partition coefficient (Wildman–Crippen LogP) is 6.10. The molecule has 2 unspecified atom stereocenters. The van der Waals surface area contributed by atoms with E-state index < -0.39 is 0 Å². The Morgan fingerprint density at radius 3 is 2.32 bits per heavy atom. The van der Waals surface area contributed by atoms with Crippen LogP contribution in [0.2, 0.25) is 0 Å². The van der Waals surface area contributed by atoms with Crippen molar-refractivity contribution >= 4 is 0 Å². The van der Waals surface area contributed by atoms with E-state index in [4.69, 9.17) is 18.9 Å². The van der Waals surface area contributed by atoms with Gasteiger partial charge in [0.2, 0.25) is 5.75 Å². The summed E-state index contributed by atoms with van der Waals surface area (Å²) < 4.78 is 24.0. The molecule has 0 saturated carbocycles. The Kier molecular flexibility index (Phi) is 7.26. The third kappa shape index (κ3) is 4.78. The Balaban J connectivity index is 1.50. The van der Waals surface area contributed by atoms with Crippen LogP contribution in [-0.4, -0.2) is 56.6 Å². The lowest BCUT2D eigenvalue weighted by Gasteiger charge is -2.36. The van der Waals surface area contributed by atoms with Crippen molar-refractivity contribution < 1.29 is 29.2 Å². The number of nitrogens with one attached hydrogen (secondary N) is 1. The fourth-order valence-electron chi connectivity index (χ4n) is 7.11. The van der Waals surface area contributed by atoms with Crippen molar-refractivity contribution in [2.75, 3.05) is 41.5 Å². The topological polar surface area (TPSA) is 92.7 Å². The number of ether oxygens (including phenoxy) is 4. The second kappa shape index (κ2) is 11.3. The van der Waals surface area contributed by atoms with Crippen LogP contribution in [0.3, 0.4) is 0 Å². The molecule has 228 valence electrons. The molecule has 3 N–H and O–H groups in total. The summed E-state index contributed by atoms with van der Waals surface area (Å²) in [6.45, 7) is 1.67. The molecule has 3 aliphatic rings. The molecule has 0 saturated heterocycles. The Labute approximate surface area is 257 Å². The first-order valence-corrected chi connectivity index (χ1v) is 15.1. The number of hydrogen-bond acceptors (Lipinski definition) is 8. The van der Waals surface area contributed by atoms with Crippen molar-refractivity contribution in [3.05, 3.63) is 88.0 Å². The zero-order valence-electron chi connectivity index (χ0n) is 25.6. The van der Waals surface area contributed by atoms with Gasteiger partial charge in [-0.1, -0.05) is 12.1 Å². The molecule has 3 aliphatic heterocycles. The molecule has 7 rings (SSSR count). The summed E-state index contributed by atoms with van der Waals surface area (Å²) in [6, 6.07) is 17.9. The van der Waals surface area contributed by atoms with Crippen LogP contribution in [0.1, 0.15) is 45.5 Å². The van der Waals surface area contributed by atoms with Gasteiger partial charge in [0.25, 0.3) is 0 Å². The van der Waals surface area contributed by atoms with E-state index >= 15 is 0 Å². The number of aromatic hydroxyl groups is 2. The van der Waals surface area contributed by atoms with Crippen molar-refractivity contribution in [1.82, 2.24) is 10.2 Å². The zero-order valence-corrected chi connectivity index (χ0v) is 25.6. The largest absolute Gasteiger partial charge is 0.507 e. The first kappa shape index (κ1) is 28.4. The first-order valence-electron chi connectivity index (χ1n) is 15.1. The summed E-state index contributed by atoms with van der Waals surface area (Å²) in [5, 5.41) is 26.4. The second-order valence-electron chi connectivity index (χ2n) is 11.9. The Morgan fingerprint density at radius 2 is 1.52 bits per heavy atom. The average Bonchev–Trinajstić information content (AvgIpc) is 3.03. The molecule has 3 heterocycles. The van der Waals surface area contributed by atoms with Gasteiger partial charge in [0.1, 0.15) is 11.5 Å². The molecule has 0 amide bonds. The second-order valence-corrected chi connectivity index (χ2v) is 11.9. The average molecular weight is 595 g/mol. The molecule has 8 heteroatoms. The van der Waals surface area contributed by atoms with E-state index in [1.807, 2.05) is 18.2 Å². The van der Waals surface area contributed by atoms with Crippen LogP contribution in [0.5, 0.6) is 40.2 Å². The number of benzene rings is 4. The number of phenolic OH excluding ortho intramolecular Hbond substituents is 2. The Morgan fingerprint density at radius 1 is 0.795 bits per heavy atom. The zero-order chi connectivity index (χ0) is 30.5. The third-order valence-electron chi connectivity index (χ3n) is 9.45. The fourth-order valence-corrected chi connectivity index (χ4v) is 7.11. The highest BCUT2D eigenvalue weighted by Gasteiger charge is 2.34. The van der Waals surface area contributed by atoms with Crippen LogP contribution in [-0.2, 0) is 25.7 Å². The summed E-state index contributed by atoms with van der Waals surface area (Å²) in [5.74, 6) is 2.81. The molecule has 0 aliphatic carbocycles. The summed E-state index contributed by atoms with van der Waals surface area (Å²) >= 11 is 0. The molecule has 8 nitrogen and oxygen atoms in total. The number of rotatable bonds is 3. The monoisotopic (exact) mass is 594 g/mol. The van der Waals surface area contributed by atoms with Gasteiger partial charge in [0, 0.05) is 35.3 Å². The highest BCUT2D eigenvalue weighted by atomic mass is 16.5. The lowest BCUT2D eigenvalue weighted by atomic mass is 9.86. The summed E-state index contributed by atoms with van der Waals surface area (Å²) in [4.78, 5) is 2.29. The van der Waals surface area contributed by atoms with Gasteiger partial charge < -0.3 is 34.5 Å². The standard InChI is InChI=1S/C36H38N2O6/c1-38-12-10-23-18-33(43-4)35(40)36-34(23)28(38)16-21-5-7-29(39)25(13-21)26-14-20(6-8-30(26)41-2)15-27-24-19-32(44-36)31(42-3)17-22(24)9-11-37-27/h5-8,13-14,17-19,27-28,37,39-40H,9-12,15-16H2,1-4H3. The van der Waals surface area contributed by atoms with Gasteiger partial charge in [-0.3, -0.25) is 4.90 Å². The van der Waals surface area contributed by atoms with Crippen molar-refractivity contribution in [3.8, 4) is 51.4 Å². The maximum absolute atomic E-state index is 11.6. The first-order chi connectivity index (χ1) is 21.4.